The van der Waals surface area contributed by atoms with Gasteiger partial charge in [-0.3, -0.25) is 4.79 Å². The first-order valence-corrected chi connectivity index (χ1v) is 9.53. The maximum atomic E-state index is 13.7. The number of rotatable bonds is 5. The lowest BCUT2D eigenvalue weighted by molar-refractivity contribution is -0.120. The third kappa shape index (κ3) is 4.39. The molecule has 1 aliphatic rings. The summed E-state index contributed by atoms with van der Waals surface area (Å²) in [6, 6.07) is 6.45. The Morgan fingerprint density at radius 2 is 2.12 bits per heavy atom. The highest BCUT2D eigenvalue weighted by Gasteiger charge is 2.28. The average Bonchev–Trinajstić information content (AvgIpc) is 3.06. The lowest BCUT2D eigenvalue weighted by atomic mass is 9.78. The van der Waals surface area contributed by atoms with Crippen LogP contribution in [0.4, 0.5) is 4.39 Å². The molecule has 1 amide bonds. The fourth-order valence-corrected chi connectivity index (χ4v) is 3.75. The van der Waals surface area contributed by atoms with Gasteiger partial charge < -0.3 is 9.73 Å². The highest BCUT2D eigenvalue weighted by molar-refractivity contribution is 7.99. The van der Waals surface area contributed by atoms with Gasteiger partial charge in [0.05, 0.1) is 11.3 Å². The number of nitrogens with one attached hydrogen (secondary N) is 1. The van der Waals surface area contributed by atoms with Crippen molar-refractivity contribution in [2.24, 2.45) is 11.8 Å². The van der Waals surface area contributed by atoms with Crippen LogP contribution in [-0.4, -0.2) is 27.9 Å². The minimum absolute atomic E-state index is 0.0402. The van der Waals surface area contributed by atoms with E-state index < -0.39 is 5.82 Å². The summed E-state index contributed by atoms with van der Waals surface area (Å²) in [5.74, 6) is 0.985. The summed E-state index contributed by atoms with van der Waals surface area (Å²) in [4.78, 5) is 12.2. The molecule has 0 aliphatic heterocycles. The second kappa shape index (κ2) is 7.99. The quantitative estimate of drug-likeness (QED) is 0.816. The highest BCUT2D eigenvalue weighted by Crippen LogP contribution is 2.30. The molecule has 1 aliphatic carbocycles. The molecule has 0 radical (unpaired) electrons. The van der Waals surface area contributed by atoms with Gasteiger partial charge in [0.15, 0.2) is 0 Å². The molecule has 5 nitrogen and oxygen atoms in total. The van der Waals surface area contributed by atoms with Gasteiger partial charge in [-0.2, -0.15) is 0 Å². The zero-order chi connectivity index (χ0) is 17.8. The molecular weight excluding hydrogens is 341 g/mol. The van der Waals surface area contributed by atoms with E-state index in [-0.39, 0.29) is 34.4 Å². The van der Waals surface area contributed by atoms with Crippen LogP contribution < -0.4 is 5.32 Å². The zero-order valence-electron chi connectivity index (χ0n) is 14.4. The van der Waals surface area contributed by atoms with Crippen molar-refractivity contribution in [1.29, 1.82) is 0 Å². The smallest absolute Gasteiger partial charge is 0.277 e. The van der Waals surface area contributed by atoms with Gasteiger partial charge in [-0.25, -0.2) is 4.39 Å². The molecule has 3 atom stereocenters. The molecule has 1 aromatic carbocycles. The molecule has 3 unspecified atom stereocenters. The topological polar surface area (TPSA) is 68.0 Å². The van der Waals surface area contributed by atoms with Crippen molar-refractivity contribution < 1.29 is 13.6 Å². The molecule has 134 valence electrons. The van der Waals surface area contributed by atoms with E-state index in [0.29, 0.717) is 11.8 Å². The Kier molecular flexibility index (Phi) is 5.73. The van der Waals surface area contributed by atoms with Gasteiger partial charge in [0.1, 0.15) is 5.82 Å². The van der Waals surface area contributed by atoms with E-state index in [1.807, 2.05) is 0 Å². The number of carbonyl (C=O) groups excluding carboxylic acids is 1. The average molecular weight is 363 g/mol. The number of amides is 1. The fraction of sp³-hybridized carbons (Fsp3) is 0.500. The third-order valence-corrected chi connectivity index (χ3v) is 5.71. The first-order chi connectivity index (χ1) is 12.0. The Bertz CT molecular complexity index is 737. The maximum Gasteiger partial charge on any atom is 0.277 e. The van der Waals surface area contributed by atoms with Crippen molar-refractivity contribution >= 4 is 17.7 Å². The van der Waals surface area contributed by atoms with Crippen molar-refractivity contribution in [1.82, 2.24) is 15.5 Å². The molecule has 3 rings (SSSR count). The van der Waals surface area contributed by atoms with Crippen molar-refractivity contribution in [3.63, 3.8) is 0 Å². The summed E-state index contributed by atoms with van der Waals surface area (Å²) in [7, 11) is 0. The molecule has 1 N–H and O–H groups in total. The van der Waals surface area contributed by atoms with Crippen LogP contribution in [0.5, 0.6) is 0 Å². The van der Waals surface area contributed by atoms with Crippen LogP contribution in [0.15, 0.2) is 33.9 Å². The monoisotopic (exact) mass is 363 g/mol. The normalized spacial score (nSPS) is 23.4. The van der Waals surface area contributed by atoms with Crippen molar-refractivity contribution in [2.75, 3.05) is 5.75 Å². The minimum Gasteiger partial charge on any atom is -0.411 e. The number of halogens is 1. The van der Waals surface area contributed by atoms with Gasteiger partial charge in [0.25, 0.3) is 11.1 Å². The van der Waals surface area contributed by atoms with E-state index in [1.165, 1.54) is 24.2 Å². The summed E-state index contributed by atoms with van der Waals surface area (Å²) in [6.07, 6.45) is 3.41. The van der Waals surface area contributed by atoms with Crippen LogP contribution in [0.1, 0.15) is 33.1 Å². The van der Waals surface area contributed by atoms with E-state index in [4.69, 9.17) is 4.42 Å². The molecule has 2 aromatic rings. The van der Waals surface area contributed by atoms with E-state index in [2.05, 4.69) is 29.4 Å². The number of thioether (sulfide) groups is 1. The summed E-state index contributed by atoms with van der Waals surface area (Å²) in [5.41, 5.74) is 0.260. The summed E-state index contributed by atoms with van der Waals surface area (Å²) in [6.45, 7) is 4.43. The van der Waals surface area contributed by atoms with Crippen LogP contribution in [0, 0.1) is 17.7 Å². The van der Waals surface area contributed by atoms with Crippen LogP contribution in [0.2, 0.25) is 0 Å². The Morgan fingerprint density at radius 1 is 1.32 bits per heavy atom. The molecule has 25 heavy (non-hydrogen) atoms. The van der Waals surface area contributed by atoms with E-state index in [0.717, 1.165) is 12.8 Å². The first kappa shape index (κ1) is 17.9. The maximum absolute atomic E-state index is 13.7. The van der Waals surface area contributed by atoms with Crippen molar-refractivity contribution in [3.8, 4) is 11.5 Å². The van der Waals surface area contributed by atoms with Crippen molar-refractivity contribution in [2.45, 2.75) is 44.4 Å². The van der Waals surface area contributed by atoms with E-state index in [1.54, 1.807) is 18.2 Å². The number of hydrogen-bond acceptors (Lipinski definition) is 5. The molecule has 1 heterocycles. The predicted octanol–water partition coefficient (Wildman–Crippen LogP) is 3.91. The molecule has 1 aromatic heterocycles. The fourth-order valence-electron chi connectivity index (χ4n) is 3.17. The molecular formula is C18H22FN3O2S. The Balaban J connectivity index is 1.54. The number of aromatic nitrogens is 2. The second-order valence-electron chi connectivity index (χ2n) is 6.58. The number of hydrogen-bond donors (Lipinski definition) is 1. The SMILES string of the molecule is CC1CCCC(NC(=O)CSc2nnc(-c3ccccc3F)o2)C1C. The minimum atomic E-state index is -0.416. The van der Waals surface area contributed by atoms with Crippen LogP contribution in [0.25, 0.3) is 11.5 Å². The predicted molar refractivity (Wildman–Crippen MR) is 94.5 cm³/mol. The lowest BCUT2D eigenvalue weighted by Gasteiger charge is -2.34. The first-order valence-electron chi connectivity index (χ1n) is 8.55. The van der Waals surface area contributed by atoms with E-state index >= 15 is 0 Å². The second-order valence-corrected chi connectivity index (χ2v) is 7.51. The third-order valence-electron chi connectivity index (χ3n) is 4.89. The Hall–Kier alpha value is -1.89. The summed E-state index contributed by atoms with van der Waals surface area (Å²) < 4.78 is 19.2. The Labute approximate surface area is 150 Å². The molecule has 0 bridgehead atoms. The van der Waals surface area contributed by atoms with Gasteiger partial charge >= 0.3 is 0 Å². The highest BCUT2D eigenvalue weighted by atomic mass is 32.2. The molecule has 0 spiro atoms. The number of carbonyl (C=O) groups is 1. The number of benzene rings is 1. The summed E-state index contributed by atoms with van der Waals surface area (Å²) >= 11 is 1.17. The standard InChI is InChI=1S/C18H22FN3O2S/c1-11-6-5-9-15(12(11)2)20-16(23)10-25-18-22-21-17(24-18)13-7-3-4-8-14(13)19/h3-4,7-8,11-12,15H,5-6,9-10H2,1-2H3,(H,20,23). The largest absolute Gasteiger partial charge is 0.411 e. The zero-order valence-corrected chi connectivity index (χ0v) is 15.2. The van der Waals surface area contributed by atoms with Gasteiger partial charge in [0.2, 0.25) is 5.91 Å². The van der Waals surface area contributed by atoms with Gasteiger partial charge in [0, 0.05) is 6.04 Å². The molecule has 7 heteroatoms. The van der Waals surface area contributed by atoms with Crippen molar-refractivity contribution in [3.05, 3.63) is 30.1 Å². The number of nitrogens with zero attached hydrogens (tertiary/aromatic N) is 2. The van der Waals surface area contributed by atoms with Gasteiger partial charge in [-0.1, -0.05) is 50.6 Å². The van der Waals surface area contributed by atoms with Gasteiger partial charge in [-0.15, -0.1) is 10.2 Å². The van der Waals surface area contributed by atoms with Gasteiger partial charge in [-0.05, 0) is 30.4 Å². The molecule has 1 saturated carbocycles. The molecule has 1 fully saturated rings. The van der Waals surface area contributed by atoms with E-state index in [9.17, 15) is 9.18 Å². The Morgan fingerprint density at radius 3 is 2.92 bits per heavy atom. The van der Waals surface area contributed by atoms with Crippen LogP contribution in [0.3, 0.4) is 0 Å². The molecule has 0 saturated heterocycles. The van der Waals surface area contributed by atoms with Crippen LogP contribution in [-0.2, 0) is 4.79 Å². The lowest BCUT2D eigenvalue weighted by Crippen LogP contribution is -2.44. The summed E-state index contributed by atoms with van der Waals surface area (Å²) in [5, 5.41) is 11.1. The van der Waals surface area contributed by atoms with Crippen LogP contribution >= 0.6 is 11.8 Å².